The van der Waals surface area contributed by atoms with Gasteiger partial charge in [0.2, 0.25) is 5.71 Å². The monoisotopic (exact) mass is 278 g/mol. The van der Waals surface area contributed by atoms with Crippen LogP contribution in [0.3, 0.4) is 0 Å². The first-order chi connectivity index (χ1) is 10.3. The first-order valence-electron chi connectivity index (χ1n) is 5.87. The highest BCUT2D eigenvalue weighted by Crippen LogP contribution is 2.19. The largest absolute Gasteiger partial charge is 0.494 e. The van der Waals surface area contributed by atoms with E-state index < -0.39 is 0 Å². The lowest BCUT2D eigenvalue weighted by Crippen LogP contribution is -1.96. The van der Waals surface area contributed by atoms with Gasteiger partial charge >= 0.3 is 0 Å². The molecule has 102 valence electrons. The number of rotatable bonds is 4. The topological polar surface area (TPSA) is 107 Å². The van der Waals surface area contributed by atoms with Gasteiger partial charge in [-0.05, 0) is 24.3 Å². The van der Waals surface area contributed by atoms with Crippen LogP contribution < -0.4 is 10.2 Å². The predicted octanol–water partition coefficient (Wildman–Crippen LogP) is 1.97. The van der Waals surface area contributed by atoms with Crippen molar-refractivity contribution in [3.63, 3.8) is 0 Å². The van der Waals surface area contributed by atoms with Crippen LogP contribution in [0.25, 0.3) is 11.4 Å². The van der Waals surface area contributed by atoms with Crippen LogP contribution in [0.1, 0.15) is 0 Å². The normalized spacial score (nSPS) is 9.10. The van der Waals surface area contributed by atoms with E-state index in [1.807, 2.05) is 0 Å². The second-order valence-corrected chi connectivity index (χ2v) is 3.82. The molecule has 2 aromatic rings. The second kappa shape index (κ2) is 6.64. The Morgan fingerprint density at radius 1 is 1.14 bits per heavy atom. The number of ether oxygens (including phenoxy) is 1. The summed E-state index contributed by atoms with van der Waals surface area (Å²) in [7, 11) is 1.55. The highest BCUT2D eigenvalue weighted by molar-refractivity contribution is 6.10. The molecule has 0 amide bonds. The fourth-order valence-electron chi connectivity index (χ4n) is 1.46. The lowest BCUT2D eigenvalue weighted by atomic mass is 10.2. The first kappa shape index (κ1) is 14.0. The van der Waals surface area contributed by atoms with Crippen LogP contribution in [0, 0.1) is 22.7 Å². The molecule has 0 fully saturated rings. The maximum atomic E-state index is 8.57. The molecule has 0 bridgehead atoms. The fraction of sp³-hybridized carbons (Fsp3) is 0.0714. The Hall–Kier alpha value is -3.45. The number of aromatic nitrogens is 2. The number of benzene rings is 1. The molecule has 0 aliphatic heterocycles. The molecule has 1 aromatic carbocycles. The minimum atomic E-state index is -0.238. The smallest absolute Gasteiger partial charge is 0.237 e. The highest BCUT2D eigenvalue weighted by atomic mass is 16.5. The van der Waals surface area contributed by atoms with E-state index in [1.54, 1.807) is 55.9 Å². The predicted molar refractivity (Wildman–Crippen MR) is 76.3 cm³/mol. The van der Waals surface area contributed by atoms with Crippen molar-refractivity contribution in [1.82, 2.24) is 9.97 Å². The SMILES string of the molecule is COc1cnc(-c2ccc(NN=C(C#N)C#N)cc2)nc1. The van der Waals surface area contributed by atoms with Gasteiger partial charge in [-0.15, -0.1) is 0 Å². The molecule has 0 saturated heterocycles. The van der Waals surface area contributed by atoms with Crippen molar-refractivity contribution in [2.24, 2.45) is 5.10 Å². The van der Waals surface area contributed by atoms with Gasteiger partial charge in [0, 0.05) is 5.56 Å². The Kier molecular flexibility index (Phi) is 4.42. The van der Waals surface area contributed by atoms with Gasteiger partial charge in [-0.2, -0.15) is 15.6 Å². The summed E-state index contributed by atoms with van der Waals surface area (Å²) in [5.41, 5.74) is 3.86. The summed E-state index contributed by atoms with van der Waals surface area (Å²) in [5, 5.41) is 20.8. The number of nitrogens with one attached hydrogen (secondary N) is 1. The maximum Gasteiger partial charge on any atom is 0.237 e. The van der Waals surface area contributed by atoms with Crippen LogP contribution in [-0.4, -0.2) is 22.8 Å². The van der Waals surface area contributed by atoms with Crippen molar-refractivity contribution in [3.05, 3.63) is 36.7 Å². The molecule has 2 rings (SSSR count). The maximum absolute atomic E-state index is 8.57. The van der Waals surface area contributed by atoms with E-state index in [1.165, 1.54) is 0 Å². The number of hydrogen-bond donors (Lipinski definition) is 1. The molecular formula is C14H10N6O. The Morgan fingerprint density at radius 3 is 2.29 bits per heavy atom. The van der Waals surface area contributed by atoms with Crippen LogP contribution in [0.4, 0.5) is 5.69 Å². The van der Waals surface area contributed by atoms with Crippen LogP contribution in [0.15, 0.2) is 41.8 Å². The molecule has 0 unspecified atom stereocenters. The summed E-state index contributed by atoms with van der Waals surface area (Å²) < 4.78 is 5.00. The zero-order valence-corrected chi connectivity index (χ0v) is 11.1. The minimum absolute atomic E-state index is 0.238. The summed E-state index contributed by atoms with van der Waals surface area (Å²) in [5.74, 6) is 1.16. The fourth-order valence-corrected chi connectivity index (χ4v) is 1.46. The highest BCUT2D eigenvalue weighted by Gasteiger charge is 2.02. The van der Waals surface area contributed by atoms with E-state index in [-0.39, 0.29) is 5.71 Å². The Balaban J connectivity index is 2.13. The standard InChI is InChI=1S/C14H10N6O/c1-21-13-8-17-14(18-9-13)10-2-4-11(5-3-10)19-20-12(6-15)7-16/h2-5,8-9,19H,1H3. The molecular weight excluding hydrogens is 268 g/mol. The molecule has 0 aliphatic rings. The summed E-state index contributed by atoms with van der Waals surface area (Å²) >= 11 is 0. The molecule has 0 atom stereocenters. The molecule has 0 spiro atoms. The van der Waals surface area contributed by atoms with Crippen molar-refractivity contribution in [3.8, 4) is 29.3 Å². The zero-order chi connectivity index (χ0) is 15.1. The van der Waals surface area contributed by atoms with Gasteiger partial charge in [-0.1, -0.05) is 0 Å². The molecule has 1 heterocycles. The molecule has 1 aromatic heterocycles. The van der Waals surface area contributed by atoms with Gasteiger partial charge in [0.05, 0.1) is 25.2 Å². The quantitative estimate of drug-likeness (QED) is 0.676. The number of nitriles is 2. The van der Waals surface area contributed by atoms with E-state index in [4.69, 9.17) is 15.3 Å². The average molecular weight is 278 g/mol. The molecule has 1 N–H and O–H groups in total. The second-order valence-electron chi connectivity index (χ2n) is 3.82. The van der Waals surface area contributed by atoms with E-state index in [2.05, 4.69) is 20.5 Å². The van der Waals surface area contributed by atoms with Crippen molar-refractivity contribution in [2.45, 2.75) is 0 Å². The number of hydrogen-bond acceptors (Lipinski definition) is 7. The van der Waals surface area contributed by atoms with Gasteiger partial charge in [0.1, 0.15) is 12.1 Å². The van der Waals surface area contributed by atoms with E-state index >= 15 is 0 Å². The Morgan fingerprint density at radius 2 is 1.76 bits per heavy atom. The summed E-state index contributed by atoms with van der Waals surface area (Å²) in [6.07, 6.45) is 3.18. The molecule has 7 heteroatoms. The number of hydrazone groups is 1. The third-order valence-electron chi connectivity index (χ3n) is 2.52. The van der Waals surface area contributed by atoms with Crippen LogP contribution in [0.2, 0.25) is 0 Å². The summed E-state index contributed by atoms with van der Waals surface area (Å²) in [6.45, 7) is 0. The van der Waals surface area contributed by atoms with Gasteiger partial charge in [-0.25, -0.2) is 9.97 Å². The van der Waals surface area contributed by atoms with Gasteiger partial charge in [-0.3, -0.25) is 5.43 Å². The lowest BCUT2D eigenvalue weighted by molar-refractivity contribution is 0.411. The van der Waals surface area contributed by atoms with Gasteiger partial charge in [0.15, 0.2) is 11.6 Å². The summed E-state index contributed by atoms with van der Waals surface area (Å²) in [4.78, 5) is 8.36. The van der Waals surface area contributed by atoms with Gasteiger partial charge in [0.25, 0.3) is 0 Å². The third kappa shape index (κ3) is 3.52. The lowest BCUT2D eigenvalue weighted by Gasteiger charge is -2.03. The molecule has 21 heavy (non-hydrogen) atoms. The van der Waals surface area contributed by atoms with Crippen molar-refractivity contribution >= 4 is 11.4 Å². The average Bonchev–Trinajstić information content (AvgIpc) is 2.56. The van der Waals surface area contributed by atoms with Crippen molar-refractivity contribution in [1.29, 1.82) is 10.5 Å². The molecule has 7 nitrogen and oxygen atoms in total. The van der Waals surface area contributed by atoms with Gasteiger partial charge < -0.3 is 4.74 Å². The minimum Gasteiger partial charge on any atom is -0.494 e. The molecule has 0 saturated carbocycles. The Labute approximate surface area is 121 Å². The zero-order valence-electron chi connectivity index (χ0n) is 11.1. The Bertz CT molecular complexity index is 706. The third-order valence-corrected chi connectivity index (χ3v) is 2.52. The summed E-state index contributed by atoms with van der Waals surface area (Å²) in [6, 6.07) is 10.4. The van der Waals surface area contributed by atoms with Crippen LogP contribution in [-0.2, 0) is 0 Å². The first-order valence-corrected chi connectivity index (χ1v) is 5.87. The van der Waals surface area contributed by atoms with Crippen molar-refractivity contribution in [2.75, 3.05) is 12.5 Å². The molecule has 0 radical (unpaired) electrons. The van der Waals surface area contributed by atoms with E-state index in [0.717, 1.165) is 5.56 Å². The number of anilines is 1. The number of methoxy groups -OCH3 is 1. The van der Waals surface area contributed by atoms with Crippen molar-refractivity contribution < 1.29 is 4.74 Å². The van der Waals surface area contributed by atoms with E-state index in [0.29, 0.717) is 17.3 Å². The number of nitrogens with zero attached hydrogens (tertiary/aromatic N) is 5. The van der Waals surface area contributed by atoms with E-state index in [9.17, 15) is 0 Å². The molecule has 0 aliphatic carbocycles. The van der Waals surface area contributed by atoms with Crippen LogP contribution >= 0.6 is 0 Å². The van der Waals surface area contributed by atoms with Crippen LogP contribution in [0.5, 0.6) is 5.75 Å².